The third kappa shape index (κ3) is 2.87. The van der Waals surface area contributed by atoms with Gasteiger partial charge in [-0.05, 0) is 36.4 Å². The number of hydrogen-bond acceptors (Lipinski definition) is 2. The maximum absolute atomic E-state index is 12.9. The van der Waals surface area contributed by atoms with Gasteiger partial charge in [0, 0.05) is 10.2 Å². The van der Waals surface area contributed by atoms with Gasteiger partial charge in [-0.15, -0.1) is 0 Å². The SMILES string of the molecule is O=C(Nc1cccc(F)c1)c1ccc(Br)cc1O. The second kappa shape index (κ2) is 5.18. The smallest absolute Gasteiger partial charge is 0.259 e. The number of carbonyl (C=O) groups excluding carboxylic acids is 1. The molecule has 0 fully saturated rings. The fraction of sp³-hybridized carbons (Fsp3) is 0. The predicted molar refractivity (Wildman–Crippen MR) is 70.2 cm³/mol. The van der Waals surface area contributed by atoms with E-state index < -0.39 is 11.7 Å². The molecule has 2 N–H and O–H groups in total. The standard InChI is InChI=1S/C13H9BrFNO2/c14-8-4-5-11(12(17)6-8)13(18)16-10-3-1-2-9(15)7-10/h1-7,17H,(H,16,18). The predicted octanol–water partition coefficient (Wildman–Crippen LogP) is 3.55. The third-order valence-electron chi connectivity index (χ3n) is 2.29. The molecule has 5 heteroatoms. The Bertz CT molecular complexity index is 601. The summed E-state index contributed by atoms with van der Waals surface area (Å²) in [5.41, 5.74) is 0.463. The van der Waals surface area contributed by atoms with Crippen molar-refractivity contribution in [2.24, 2.45) is 0 Å². The summed E-state index contributed by atoms with van der Waals surface area (Å²) >= 11 is 3.18. The Hall–Kier alpha value is -1.88. The van der Waals surface area contributed by atoms with Gasteiger partial charge in [0.15, 0.2) is 0 Å². The maximum atomic E-state index is 12.9. The van der Waals surface area contributed by atoms with Crippen molar-refractivity contribution in [3.8, 4) is 5.75 Å². The van der Waals surface area contributed by atoms with Crippen molar-refractivity contribution in [2.75, 3.05) is 5.32 Å². The van der Waals surface area contributed by atoms with Gasteiger partial charge in [0.2, 0.25) is 0 Å². The summed E-state index contributed by atoms with van der Waals surface area (Å²) in [4.78, 5) is 11.8. The van der Waals surface area contributed by atoms with Crippen LogP contribution in [0.4, 0.5) is 10.1 Å². The molecule has 0 spiro atoms. The third-order valence-corrected chi connectivity index (χ3v) is 2.78. The average Bonchev–Trinajstić information content (AvgIpc) is 2.28. The Morgan fingerprint density at radius 1 is 1.22 bits per heavy atom. The molecule has 0 saturated carbocycles. The van der Waals surface area contributed by atoms with Gasteiger partial charge in [-0.3, -0.25) is 4.79 Å². The molecule has 0 aliphatic rings. The van der Waals surface area contributed by atoms with E-state index in [1.54, 1.807) is 12.1 Å². The van der Waals surface area contributed by atoms with Crippen molar-refractivity contribution in [2.45, 2.75) is 0 Å². The van der Waals surface area contributed by atoms with Crippen LogP contribution in [0.2, 0.25) is 0 Å². The summed E-state index contributed by atoms with van der Waals surface area (Å²) in [5.74, 6) is -1.07. The lowest BCUT2D eigenvalue weighted by Crippen LogP contribution is -2.12. The number of carbonyl (C=O) groups is 1. The highest BCUT2D eigenvalue weighted by Crippen LogP contribution is 2.23. The molecule has 0 unspecified atom stereocenters. The first-order valence-corrected chi connectivity index (χ1v) is 5.91. The summed E-state index contributed by atoms with van der Waals surface area (Å²) < 4.78 is 13.6. The van der Waals surface area contributed by atoms with Crippen LogP contribution in [-0.4, -0.2) is 11.0 Å². The fourth-order valence-electron chi connectivity index (χ4n) is 1.46. The van der Waals surface area contributed by atoms with Crippen molar-refractivity contribution in [3.63, 3.8) is 0 Å². The van der Waals surface area contributed by atoms with Crippen LogP contribution in [-0.2, 0) is 0 Å². The van der Waals surface area contributed by atoms with Crippen molar-refractivity contribution >= 4 is 27.5 Å². The van der Waals surface area contributed by atoms with Crippen molar-refractivity contribution in [1.29, 1.82) is 0 Å². The van der Waals surface area contributed by atoms with Gasteiger partial charge in [0.05, 0.1) is 5.56 Å². The monoisotopic (exact) mass is 309 g/mol. The maximum Gasteiger partial charge on any atom is 0.259 e. The Morgan fingerprint density at radius 2 is 2.00 bits per heavy atom. The van der Waals surface area contributed by atoms with Crippen LogP contribution < -0.4 is 5.32 Å². The van der Waals surface area contributed by atoms with Gasteiger partial charge in [0.1, 0.15) is 11.6 Å². The lowest BCUT2D eigenvalue weighted by atomic mass is 10.2. The summed E-state index contributed by atoms with van der Waals surface area (Å²) in [7, 11) is 0. The Kier molecular flexibility index (Phi) is 3.62. The van der Waals surface area contributed by atoms with Gasteiger partial charge < -0.3 is 10.4 Å². The topological polar surface area (TPSA) is 49.3 Å². The minimum absolute atomic E-state index is 0.127. The van der Waals surface area contributed by atoms with Crippen molar-refractivity contribution < 1.29 is 14.3 Å². The highest BCUT2D eigenvalue weighted by molar-refractivity contribution is 9.10. The number of nitrogens with one attached hydrogen (secondary N) is 1. The number of anilines is 1. The first-order valence-electron chi connectivity index (χ1n) is 5.12. The molecule has 0 atom stereocenters. The number of phenolic OH excluding ortho intramolecular Hbond substituents is 1. The largest absolute Gasteiger partial charge is 0.507 e. The minimum atomic E-state index is -0.495. The quantitative estimate of drug-likeness (QED) is 0.891. The summed E-state index contributed by atoms with van der Waals surface area (Å²) in [6.07, 6.45) is 0. The summed E-state index contributed by atoms with van der Waals surface area (Å²) in [6, 6.07) is 10.1. The van der Waals surface area contributed by atoms with Gasteiger partial charge in [0.25, 0.3) is 5.91 Å². The zero-order chi connectivity index (χ0) is 13.1. The highest BCUT2D eigenvalue weighted by Gasteiger charge is 2.11. The van der Waals surface area contributed by atoms with Crippen LogP contribution in [0.3, 0.4) is 0 Å². The molecular formula is C13H9BrFNO2. The van der Waals surface area contributed by atoms with Crippen LogP contribution >= 0.6 is 15.9 Å². The first-order chi connectivity index (χ1) is 8.56. The van der Waals surface area contributed by atoms with E-state index in [-0.39, 0.29) is 11.3 Å². The molecular weight excluding hydrogens is 301 g/mol. The van der Waals surface area contributed by atoms with Gasteiger partial charge in [-0.1, -0.05) is 22.0 Å². The van der Waals surface area contributed by atoms with E-state index in [1.807, 2.05) is 0 Å². The van der Waals surface area contributed by atoms with Gasteiger partial charge in [-0.2, -0.15) is 0 Å². The number of benzene rings is 2. The Morgan fingerprint density at radius 3 is 2.67 bits per heavy atom. The molecule has 0 radical (unpaired) electrons. The molecule has 18 heavy (non-hydrogen) atoms. The molecule has 0 bridgehead atoms. The molecule has 1 amide bonds. The molecule has 0 heterocycles. The van der Waals surface area contributed by atoms with Gasteiger partial charge >= 0.3 is 0 Å². The van der Waals surface area contributed by atoms with Crippen LogP contribution in [0.25, 0.3) is 0 Å². The van der Waals surface area contributed by atoms with E-state index in [0.717, 1.165) is 0 Å². The van der Waals surface area contributed by atoms with Gasteiger partial charge in [-0.25, -0.2) is 4.39 Å². The fourth-order valence-corrected chi connectivity index (χ4v) is 1.81. The molecule has 2 aromatic rings. The molecule has 2 rings (SSSR count). The normalized spacial score (nSPS) is 10.1. The van der Waals surface area contributed by atoms with Crippen LogP contribution in [0.5, 0.6) is 5.75 Å². The molecule has 92 valence electrons. The lowest BCUT2D eigenvalue weighted by molar-refractivity contribution is 0.102. The molecule has 0 saturated heterocycles. The average molecular weight is 310 g/mol. The molecule has 3 nitrogen and oxygen atoms in total. The number of amides is 1. The van der Waals surface area contributed by atoms with E-state index in [2.05, 4.69) is 21.2 Å². The Balaban J connectivity index is 2.22. The number of aromatic hydroxyl groups is 1. The number of rotatable bonds is 2. The Labute approximate surface area is 111 Å². The molecule has 0 aliphatic carbocycles. The second-order valence-electron chi connectivity index (χ2n) is 3.63. The zero-order valence-corrected chi connectivity index (χ0v) is 10.7. The number of hydrogen-bond donors (Lipinski definition) is 2. The van der Waals surface area contributed by atoms with E-state index >= 15 is 0 Å². The van der Waals surface area contributed by atoms with Crippen LogP contribution in [0.1, 0.15) is 10.4 Å². The zero-order valence-electron chi connectivity index (χ0n) is 9.15. The summed E-state index contributed by atoms with van der Waals surface area (Å²) in [6.45, 7) is 0. The number of phenols is 1. The molecule has 0 aliphatic heterocycles. The van der Waals surface area contributed by atoms with Crippen molar-refractivity contribution in [1.82, 2.24) is 0 Å². The highest BCUT2D eigenvalue weighted by atomic mass is 79.9. The van der Waals surface area contributed by atoms with Crippen molar-refractivity contribution in [3.05, 3.63) is 58.3 Å². The number of halogens is 2. The van der Waals surface area contributed by atoms with E-state index in [1.165, 1.54) is 30.3 Å². The van der Waals surface area contributed by atoms with Crippen LogP contribution in [0.15, 0.2) is 46.9 Å². The van der Waals surface area contributed by atoms with E-state index in [4.69, 9.17) is 0 Å². The second-order valence-corrected chi connectivity index (χ2v) is 4.54. The summed E-state index contributed by atoms with van der Waals surface area (Å²) in [5, 5.41) is 12.1. The van der Waals surface area contributed by atoms with E-state index in [9.17, 15) is 14.3 Å². The lowest BCUT2D eigenvalue weighted by Gasteiger charge is -2.07. The molecule has 2 aromatic carbocycles. The molecule has 0 aromatic heterocycles. The first kappa shape index (κ1) is 12.6. The minimum Gasteiger partial charge on any atom is -0.507 e. The van der Waals surface area contributed by atoms with Crippen LogP contribution in [0, 0.1) is 5.82 Å². The van der Waals surface area contributed by atoms with E-state index in [0.29, 0.717) is 10.2 Å².